The van der Waals surface area contributed by atoms with E-state index in [9.17, 15) is 9.90 Å². The summed E-state index contributed by atoms with van der Waals surface area (Å²) in [6.45, 7) is 1.71. The number of benzene rings is 2. The first-order chi connectivity index (χ1) is 10.0. The van der Waals surface area contributed by atoms with Crippen LogP contribution in [0.5, 0.6) is 5.75 Å². The van der Waals surface area contributed by atoms with Crippen molar-refractivity contribution in [3.8, 4) is 5.75 Å². The zero-order valence-electron chi connectivity index (χ0n) is 11.2. The summed E-state index contributed by atoms with van der Waals surface area (Å²) in [6.07, 6.45) is 0. The van der Waals surface area contributed by atoms with Gasteiger partial charge in [0.25, 0.3) is 0 Å². The van der Waals surface area contributed by atoms with E-state index in [-0.39, 0.29) is 5.75 Å². The molecule has 0 radical (unpaired) electrons. The molecule has 0 saturated carbocycles. The molecule has 104 valence electrons. The van der Waals surface area contributed by atoms with E-state index >= 15 is 0 Å². The Balaban J connectivity index is 2.36. The summed E-state index contributed by atoms with van der Waals surface area (Å²) in [5.41, 5.74) is 0.571. The van der Waals surface area contributed by atoms with E-state index < -0.39 is 11.9 Å². The van der Waals surface area contributed by atoms with Gasteiger partial charge in [0.15, 0.2) is 0 Å². The van der Waals surface area contributed by atoms with Crippen molar-refractivity contribution in [1.82, 2.24) is 0 Å². The molecular weight excluding hydrogens is 414 g/mol. The van der Waals surface area contributed by atoms with Gasteiger partial charge in [-0.2, -0.15) is 0 Å². The molecule has 0 aliphatic heterocycles. The van der Waals surface area contributed by atoms with Gasteiger partial charge >= 0.3 is 151 Å². The number of hydrogen-bond acceptors (Lipinski definition) is 4. The number of aromatic hydroxyl groups is 1. The molecule has 1 atom stereocenters. The number of rotatable bonds is 4. The molecule has 1 unspecified atom stereocenters. The van der Waals surface area contributed by atoms with Gasteiger partial charge < -0.3 is 0 Å². The molecule has 2 aromatic carbocycles. The number of carbonyl (C=O) groups is 1. The first-order valence-electron chi connectivity index (χ1n) is 6.18. The van der Waals surface area contributed by atoms with Crippen LogP contribution >= 0.6 is 34.4 Å². The summed E-state index contributed by atoms with van der Waals surface area (Å²) in [6, 6.07) is 13.5. The van der Waals surface area contributed by atoms with Crippen molar-refractivity contribution in [2.24, 2.45) is 0 Å². The van der Waals surface area contributed by atoms with E-state index in [1.807, 2.05) is 53.0 Å². The molecule has 0 spiro atoms. The zero-order chi connectivity index (χ0) is 15.4. The molecule has 0 saturated heterocycles. The van der Waals surface area contributed by atoms with Gasteiger partial charge in [-0.15, -0.1) is 0 Å². The van der Waals surface area contributed by atoms with Crippen LogP contribution in [0.2, 0.25) is 0 Å². The number of halogens is 1. The van der Waals surface area contributed by atoms with Gasteiger partial charge in [-0.3, -0.25) is 0 Å². The second-order valence-corrected chi connectivity index (χ2v) is 6.93. The van der Waals surface area contributed by atoms with Crippen molar-refractivity contribution in [3.63, 3.8) is 0 Å². The standard InChI is InChI=1S/C15H13IO3S.Al/c1-9(15(18)19)11-7-14(12(16)8-13(11)17)20-10-5-3-2-4-6-10;/h2-9,17H,1H3,(H,18,19);/q;+3/p-1. The molecule has 3 nitrogen and oxygen atoms in total. The fraction of sp³-hybridized carbons (Fsp3) is 0.133. The Bertz CT molecular complexity index is 649. The van der Waals surface area contributed by atoms with Crippen molar-refractivity contribution in [2.45, 2.75) is 22.6 Å². The van der Waals surface area contributed by atoms with Crippen LogP contribution in [0.25, 0.3) is 0 Å². The van der Waals surface area contributed by atoms with E-state index in [4.69, 9.17) is 0 Å². The Morgan fingerprint density at radius 2 is 2.00 bits per heavy atom. The molecule has 2 aromatic rings. The van der Waals surface area contributed by atoms with Gasteiger partial charge in [-0.25, -0.2) is 0 Å². The molecular formula is C15H12AlIO3S+2. The topological polar surface area (TPSA) is 46.5 Å². The van der Waals surface area contributed by atoms with Crippen LogP contribution in [-0.4, -0.2) is 27.7 Å². The summed E-state index contributed by atoms with van der Waals surface area (Å²) in [5.74, 6) is -0.804. The average Bonchev–Trinajstić information content (AvgIpc) is 2.49. The predicted octanol–water partition coefficient (Wildman–Crippen LogP) is 3.88. The van der Waals surface area contributed by atoms with Crippen molar-refractivity contribution in [2.75, 3.05) is 0 Å². The quantitative estimate of drug-likeness (QED) is 0.596. The van der Waals surface area contributed by atoms with Crippen LogP contribution in [-0.2, 0) is 8.58 Å². The fourth-order valence-electron chi connectivity index (χ4n) is 1.83. The van der Waals surface area contributed by atoms with Gasteiger partial charge in [0.1, 0.15) is 0 Å². The van der Waals surface area contributed by atoms with E-state index in [0.29, 0.717) is 5.56 Å². The molecule has 0 fully saturated rings. The van der Waals surface area contributed by atoms with Gasteiger partial charge in [-0.1, -0.05) is 0 Å². The number of carbonyl (C=O) groups excluding carboxylic acids is 1. The average molecular weight is 426 g/mol. The third-order valence-corrected chi connectivity index (χ3v) is 5.54. The van der Waals surface area contributed by atoms with Gasteiger partial charge in [0.2, 0.25) is 0 Å². The first kappa shape index (κ1) is 16.7. The second-order valence-electron chi connectivity index (χ2n) is 4.42. The maximum atomic E-state index is 11.7. The van der Waals surface area contributed by atoms with Gasteiger partial charge in [-0.05, 0) is 0 Å². The Hall–Kier alpha value is -0.678. The van der Waals surface area contributed by atoms with Crippen LogP contribution in [0.4, 0.5) is 0 Å². The molecule has 6 heteroatoms. The molecule has 0 amide bonds. The van der Waals surface area contributed by atoms with Crippen LogP contribution < -0.4 is 0 Å². The molecule has 0 aliphatic carbocycles. The predicted molar refractivity (Wildman–Crippen MR) is 91.6 cm³/mol. The fourth-order valence-corrected chi connectivity index (χ4v) is 3.70. The third-order valence-electron chi connectivity index (χ3n) is 2.99. The van der Waals surface area contributed by atoms with E-state index in [0.717, 1.165) is 13.4 Å². The van der Waals surface area contributed by atoms with Crippen molar-refractivity contribution in [1.29, 1.82) is 0 Å². The Morgan fingerprint density at radius 3 is 2.62 bits per heavy atom. The van der Waals surface area contributed by atoms with Crippen molar-refractivity contribution in [3.05, 3.63) is 51.6 Å². The Morgan fingerprint density at radius 1 is 1.33 bits per heavy atom. The molecule has 0 bridgehead atoms. The Kier molecular flexibility index (Phi) is 6.00. The van der Waals surface area contributed by atoms with Crippen molar-refractivity contribution < 1.29 is 13.7 Å². The molecule has 0 heterocycles. The van der Waals surface area contributed by atoms with Crippen LogP contribution in [0.15, 0.2) is 52.3 Å². The van der Waals surface area contributed by atoms with Gasteiger partial charge in [0.05, 0.1) is 0 Å². The zero-order valence-corrected chi connectivity index (χ0v) is 15.4. The summed E-state index contributed by atoms with van der Waals surface area (Å²) >= 11 is 5.72. The molecule has 0 aliphatic rings. The minimum atomic E-state index is -0.519. The number of phenols is 1. The van der Waals surface area contributed by atoms with Gasteiger partial charge in [0, 0.05) is 0 Å². The Labute approximate surface area is 150 Å². The summed E-state index contributed by atoms with van der Waals surface area (Å²) in [5, 5.41) is 10.1. The monoisotopic (exact) mass is 426 g/mol. The second kappa shape index (κ2) is 7.54. The van der Waals surface area contributed by atoms with Crippen LogP contribution in [0, 0.1) is 3.57 Å². The minimum absolute atomic E-state index is 0.111. The summed E-state index contributed by atoms with van der Waals surface area (Å²) in [7, 11) is 0. The molecule has 2 rings (SSSR count). The number of phenolic OH excluding ortho intramolecular Hbond substituents is 1. The maximum absolute atomic E-state index is 11.7. The third kappa shape index (κ3) is 4.16. The van der Waals surface area contributed by atoms with Crippen LogP contribution in [0.3, 0.4) is 0 Å². The van der Waals surface area contributed by atoms with E-state index in [1.54, 1.807) is 24.8 Å². The normalized spacial score (nSPS) is 12.0. The summed E-state index contributed by atoms with van der Waals surface area (Å²) < 4.78 is 5.61. The SMILES string of the molecule is CC(C(=O)[O][Al+2])c1cc(Sc2ccccc2)c(I)cc1O. The molecule has 1 N–H and O–H groups in total. The van der Waals surface area contributed by atoms with Crippen molar-refractivity contribution >= 4 is 56.9 Å². The van der Waals surface area contributed by atoms with Crippen LogP contribution in [0.1, 0.15) is 18.4 Å². The van der Waals surface area contributed by atoms with E-state index in [1.165, 1.54) is 0 Å². The van der Waals surface area contributed by atoms with E-state index in [2.05, 4.69) is 26.4 Å². The molecule has 0 aromatic heterocycles. The number of hydrogen-bond donors (Lipinski definition) is 1. The molecule has 21 heavy (non-hydrogen) atoms. The summed E-state index contributed by atoms with van der Waals surface area (Å²) in [4.78, 5) is 13.8. The first-order valence-corrected chi connectivity index (χ1v) is 8.55.